The first-order valence-corrected chi connectivity index (χ1v) is 10.3. The van der Waals surface area contributed by atoms with E-state index in [1.54, 1.807) is 0 Å². The van der Waals surface area contributed by atoms with Crippen molar-refractivity contribution in [3.63, 3.8) is 0 Å². The van der Waals surface area contributed by atoms with Crippen LogP contribution >= 0.6 is 0 Å². The second-order valence-corrected chi connectivity index (χ2v) is 7.58. The van der Waals surface area contributed by atoms with Crippen molar-refractivity contribution in [2.45, 2.75) is 45.6 Å². The van der Waals surface area contributed by atoms with Crippen molar-refractivity contribution in [1.82, 2.24) is 4.90 Å². The molecule has 0 bridgehead atoms. The molecule has 0 unspecified atom stereocenters. The van der Waals surface area contributed by atoms with Crippen LogP contribution in [0.3, 0.4) is 0 Å². The Balaban J connectivity index is 1.60. The topological polar surface area (TPSA) is 55.8 Å². The van der Waals surface area contributed by atoms with Gasteiger partial charge in [-0.2, -0.15) is 0 Å². The first kappa shape index (κ1) is 20.9. The lowest BCUT2D eigenvalue weighted by atomic mass is 9.98. The lowest BCUT2D eigenvalue weighted by Crippen LogP contribution is -2.43. The first-order valence-electron chi connectivity index (χ1n) is 10.3. The summed E-state index contributed by atoms with van der Waals surface area (Å²) in [4.78, 5) is 26.5. The van der Waals surface area contributed by atoms with Gasteiger partial charge in [0.05, 0.1) is 12.6 Å². The van der Waals surface area contributed by atoms with Crippen molar-refractivity contribution in [3.8, 4) is 5.75 Å². The van der Waals surface area contributed by atoms with Crippen LogP contribution in [-0.4, -0.2) is 36.2 Å². The Kier molecular flexibility index (Phi) is 7.28. The lowest BCUT2D eigenvalue weighted by Gasteiger charge is -2.23. The molecule has 154 valence electrons. The maximum absolute atomic E-state index is 13.0. The zero-order valence-corrected chi connectivity index (χ0v) is 17.2. The number of amides is 2. The molecule has 1 saturated heterocycles. The average Bonchev–Trinajstić information content (AvgIpc) is 3.09. The van der Waals surface area contributed by atoms with E-state index < -0.39 is 6.09 Å². The number of hydrogen-bond acceptors (Lipinski definition) is 4. The van der Waals surface area contributed by atoms with Gasteiger partial charge in [0.2, 0.25) is 5.91 Å². The van der Waals surface area contributed by atoms with Crippen molar-refractivity contribution in [2.75, 3.05) is 13.2 Å². The molecule has 5 nitrogen and oxygen atoms in total. The molecular formula is C24H29NO4. The summed E-state index contributed by atoms with van der Waals surface area (Å²) < 4.78 is 10.9. The van der Waals surface area contributed by atoms with Crippen molar-refractivity contribution >= 4 is 12.0 Å². The third kappa shape index (κ3) is 5.59. The number of benzene rings is 2. The highest BCUT2D eigenvalue weighted by atomic mass is 16.6. The van der Waals surface area contributed by atoms with Gasteiger partial charge in [-0.1, -0.05) is 62.7 Å². The Bertz CT molecular complexity index is 803. The fourth-order valence-electron chi connectivity index (χ4n) is 3.50. The molecule has 2 atom stereocenters. The van der Waals surface area contributed by atoms with E-state index in [9.17, 15) is 9.59 Å². The zero-order chi connectivity index (χ0) is 20.6. The van der Waals surface area contributed by atoms with Gasteiger partial charge in [-0.3, -0.25) is 4.79 Å². The monoisotopic (exact) mass is 395 g/mol. The van der Waals surface area contributed by atoms with Gasteiger partial charge < -0.3 is 9.47 Å². The van der Waals surface area contributed by atoms with Crippen LogP contribution in [0.2, 0.25) is 0 Å². The van der Waals surface area contributed by atoms with Crippen LogP contribution in [-0.2, 0) is 22.4 Å². The van der Waals surface area contributed by atoms with Crippen LogP contribution < -0.4 is 4.74 Å². The molecule has 1 aliphatic rings. The maximum atomic E-state index is 13.0. The van der Waals surface area contributed by atoms with Crippen LogP contribution in [0.25, 0.3) is 0 Å². The molecule has 0 radical (unpaired) electrons. The number of carbonyl (C=O) groups excluding carboxylic acids is 2. The van der Waals surface area contributed by atoms with Gasteiger partial charge in [0.15, 0.2) is 0 Å². The molecule has 2 amide bonds. The van der Waals surface area contributed by atoms with Gasteiger partial charge in [-0.25, -0.2) is 9.69 Å². The normalized spacial score (nSPS) is 17.1. The van der Waals surface area contributed by atoms with Crippen molar-refractivity contribution < 1.29 is 19.1 Å². The van der Waals surface area contributed by atoms with E-state index in [4.69, 9.17) is 9.47 Å². The summed E-state index contributed by atoms with van der Waals surface area (Å²) in [5.41, 5.74) is 2.13. The van der Waals surface area contributed by atoms with E-state index in [1.807, 2.05) is 61.5 Å². The summed E-state index contributed by atoms with van der Waals surface area (Å²) in [6.45, 7) is 4.95. The number of cyclic esters (lactones) is 1. The van der Waals surface area contributed by atoms with Gasteiger partial charge in [0.1, 0.15) is 12.4 Å². The second-order valence-electron chi connectivity index (χ2n) is 7.58. The number of ether oxygens (including phenoxy) is 2. The molecule has 0 aliphatic carbocycles. The third-order valence-corrected chi connectivity index (χ3v) is 5.17. The molecule has 1 heterocycles. The number of unbranched alkanes of at least 4 members (excludes halogenated alkanes) is 1. The van der Waals surface area contributed by atoms with Gasteiger partial charge in [-0.15, -0.1) is 0 Å². The molecule has 3 rings (SSSR count). The first-order chi connectivity index (χ1) is 14.1. The highest BCUT2D eigenvalue weighted by Crippen LogP contribution is 2.22. The fourth-order valence-corrected chi connectivity index (χ4v) is 3.50. The summed E-state index contributed by atoms with van der Waals surface area (Å²) >= 11 is 0. The number of carbonyl (C=O) groups is 2. The van der Waals surface area contributed by atoms with Crippen LogP contribution in [0.1, 0.15) is 37.8 Å². The summed E-state index contributed by atoms with van der Waals surface area (Å²) in [6, 6.07) is 17.4. The molecular weight excluding hydrogens is 366 g/mol. The number of hydrogen-bond donors (Lipinski definition) is 0. The maximum Gasteiger partial charge on any atom is 0.416 e. The summed E-state index contributed by atoms with van der Waals surface area (Å²) in [6.07, 6.45) is 2.76. The highest BCUT2D eigenvalue weighted by Gasteiger charge is 2.39. The van der Waals surface area contributed by atoms with E-state index in [1.165, 1.54) is 4.90 Å². The fraction of sp³-hybridized carbons (Fsp3) is 0.417. The molecule has 1 aliphatic heterocycles. The van der Waals surface area contributed by atoms with E-state index >= 15 is 0 Å². The van der Waals surface area contributed by atoms with E-state index in [-0.39, 0.29) is 24.5 Å². The average molecular weight is 395 g/mol. The minimum atomic E-state index is -0.539. The van der Waals surface area contributed by atoms with Crippen LogP contribution in [0.5, 0.6) is 5.75 Å². The molecule has 0 N–H and O–H groups in total. The van der Waals surface area contributed by atoms with Gasteiger partial charge in [-0.05, 0) is 42.5 Å². The van der Waals surface area contributed by atoms with Crippen molar-refractivity contribution in [1.29, 1.82) is 0 Å². The van der Waals surface area contributed by atoms with E-state index in [2.05, 4.69) is 6.92 Å². The van der Waals surface area contributed by atoms with Crippen molar-refractivity contribution in [2.24, 2.45) is 5.92 Å². The minimum absolute atomic E-state index is 0.184. The van der Waals surface area contributed by atoms with Gasteiger partial charge >= 0.3 is 6.09 Å². The summed E-state index contributed by atoms with van der Waals surface area (Å²) in [5, 5.41) is 0. The van der Waals surface area contributed by atoms with E-state index in [0.29, 0.717) is 19.4 Å². The molecule has 1 fully saturated rings. The minimum Gasteiger partial charge on any atom is -0.494 e. The summed E-state index contributed by atoms with van der Waals surface area (Å²) in [7, 11) is 0. The molecule has 2 aromatic rings. The Morgan fingerprint density at radius 1 is 1.14 bits per heavy atom. The molecule has 29 heavy (non-hydrogen) atoms. The zero-order valence-electron chi connectivity index (χ0n) is 17.2. The molecule has 2 aromatic carbocycles. The Morgan fingerprint density at radius 2 is 1.86 bits per heavy atom. The smallest absolute Gasteiger partial charge is 0.416 e. The Hall–Kier alpha value is -2.82. The standard InChI is InChI=1S/C24H29NO4/c1-3-4-14-28-22-12-10-20(11-13-22)15-18(2)23(26)25-21(17-29-24(25)27)16-19-8-6-5-7-9-19/h5-13,18,21H,3-4,14-17H2,1-2H3/t18-,21+/m1/s1. The predicted molar refractivity (Wildman–Crippen MR) is 112 cm³/mol. The quantitative estimate of drug-likeness (QED) is 0.581. The van der Waals surface area contributed by atoms with Crippen molar-refractivity contribution in [3.05, 3.63) is 65.7 Å². The van der Waals surface area contributed by atoms with E-state index in [0.717, 1.165) is 29.7 Å². The molecule has 0 aromatic heterocycles. The number of nitrogens with zero attached hydrogens (tertiary/aromatic N) is 1. The number of rotatable bonds is 9. The third-order valence-electron chi connectivity index (χ3n) is 5.17. The number of imide groups is 1. The molecule has 0 spiro atoms. The summed E-state index contributed by atoms with van der Waals surface area (Å²) in [5.74, 6) is 0.342. The second kappa shape index (κ2) is 10.1. The van der Waals surface area contributed by atoms with Crippen LogP contribution in [0.4, 0.5) is 4.79 Å². The van der Waals surface area contributed by atoms with Crippen LogP contribution in [0.15, 0.2) is 54.6 Å². The highest BCUT2D eigenvalue weighted by molar-refractivity contribution is 5.94. The lowest BCUT2D eigenvalue weighted by molar-refractivity contribution is -0.132. The Morgan fingerprint density at radius 3 is 2.55 bits per heavy atom. The Labute approximate surface area is 172 Å². The van der Waals surface area contributed by atoms with Crippen LogP contribution in [0, 0.1) is 5.92 Å². The largest absolute Gasteiger partial charge is 0.494 e. The molecule has 5 heteroatoms. The molecule has 0 saturated carbocycles. The predicted octanol–water partition coefficient (Wildman–Crippen LogP) is 4.63. The van der Waals surface area contributed by atoms with Gasteiger partial charge in [0.25, 0.3) is 0 Å². The SMILES string of the molecule is CCCCOc1ccc(C[C@@H](C)C(=O)N2C(=O)OC[C@@H]2Cc2ccccc2)cc1. The van der Waals surface area contributed by atoms with Gasteiger partial charge in [0, 0.05) is 5.92 Å².